The van der Waals surface area contributed by atoms with E-state index >= 15 is 0 Å². The van der Waals surface area contributed by atoms with Crippen LogP contribution in [0.5, 0.6) is 5.75 Å². The van der Waals surface area contributed by atoms with Crippen LogP contribution in [0.2, 0.25) is 5.02 Å². The molecule has 0 saturated heterocycles. The maximum Gasteiger partial charge on any atom is 0.422 e. The van der Waals surface area contributed by atoms with Crippen molar-refractivity contribution in [2.24, 2.45) is 5.73 Å². The number of hydrogen-bond acceptors (Lipinski definition) is 2. The lowest BCUT2D eigenvalue weighted by Crippen LogP contribution is -2.19. The Morgan fingerprint density at radius 3 is 2.50 bits per heavy atom. The minimum Gasteiger partial charge on any atom is -0.483 e. The zero-order chi connectivity index (χ0) is 12.3. The van der Waals surface area contributed by atoms with Crippen molar-refractivity contribution in [2.75, 3.05) is 6.61 Å². The molecule has 1 rings (SSSR count). The smallest absolute Gasteiger partial charge is 0.422 e. The molecule has 0 aliphatic heterocycles. The number of hydrogen-bond donors (Lipinski definition) is 1. The minimum atomic E-state index is -4.37. The summed E-state index contributed by atoms with van der Waals surface area (Å²) in [5.74, 6) is 0.00314. The Labute approximate surface area is 96.1 Å². The molecule has 2 nitrogen and oxygen atoms in total. The lowest BCUT2D eigenvalue weighted by atomic mass is 10.1. The molecule has 1 atom stereocenters. The van der Waals surface area contributed by atoms with Crippen LogP contribution in [-0.4, -0.2) is 12.8 Å². The number of halogens is 4. The van der Waals surface area contributed by atoms with Crippen molar-refractivity contribution < 1.29 is 17.9 Å². The van der Waals surface area contributed by atoms with E-state index in [1.54, 1.807) is 13.0 Å². The fraction of sp³-hybridized carbons (Fsp3) is 0.400. The van der Waals surface area contributed by atoms with Crippen LogP contribution in [0.3, 0.4) is 0 Å². The van der Waals surface area contributed by atoms with Crippen LogP contribution in [0.25, 0.3) is 0 Å². The van der Waals surface area contributed by atoms with E-state index < -0.39 is 12.8 Å². The topological polar surface area (TPSA) is 35.2 Å². The average molecular weight is 254 g/mol. The number of alkyl halides is 3. The molecule has 6 heteroatoms. The van der Waals surface area contributed by atoms with Gasteiger partial charge in [0, 0.05) is 6.04 Å². The highest BCUT2D eigenvalue weighted by Gasteiger charge is 2.28. The van der Waals surface area contributed by atoms with E-state index in [-0.39, 0.29) is 16.8 Å². The van der Waals surface area contributed by atoms with Gasteiger partial charge in [-0.1, -0.05) is 17.7 Å². The molecule has 0 unspecified atom stereocenters. The van der Waals surface area contributed by atoms with Gasteiger partial charge in [0.25, 0.3) is 0 Å². The summed E-state index contributed by atoms with van der Waals surface area (Å²) in [4.78, 5) is 0. The normalized spacial score (nSPS) is 13.6. The third kappa shape index (κ3) is 3.90. The lowest BCUT2D eigenvalue weighted by Gasteiger charge is -2.12. The third-order valence-electron chi connectivity index (χ3n) is 1.87. The van der Waals surface area contributed by atoms with Crippen molar-refractivity contribution in [3.63, 3.8) is 0 Å². The van der Waals surface area contributed by atoms with E-state index in [1.807, 2.05) is 0 Å². The van der Waals surface area contributed by atoms with Gasteiger partial charge in [0.1, 0.15) is 5.75 Å². The van der Waals surface area contributed by atoms with E-state index in [4.69, 9.17) is 17.3 Å². The second-order valence-corrected chi connectivity index (χ2v) is 3.79. The zero-order valence-electron chi connectivity index (χ0n) is 8.51. The fourth-order valence-electron chi connectivity index (χ4n) is 1.08. The van der Waals surface area contributed by atoms with Crippen molar-refractivity contribution in [2.45, 2.75) is 19.1 Å². The largest absolute Gasteiger partial charge is 0.483 e. The molecule has 90 valence electrons. The molecule has 0 aromatic heterocycles. The summed E-state index contributed by atoms with van der Waals surface area (Å²) in [5, 5.41) is 0.124. The van der Waals surface area contributed by atoms with Crippen LogP contribution in [0, 0.1) is 0 Å². The fourth-order valence-corrected chi connectivity index (χ4v) is 1.32. The minimum absolute atomic E-state index is 0.00314. The molecule has 1 aromatic carbocycles. The van der Waals surface area contributed by atoms with Crippen LogP contribution >= 0.6 is 11.6 Å². The van der Waals surface area contributed by atoms with E-state index in [1.165, 1.54) is 12.1 Å². The van der Waals surface area contributed by atoms with Crippen molar-refractivity contribution in [3.05, 3.63) is 28.8 Å². The Balaban J connectivity index is 2.76. The number of ether oxygens (including phenoxy) is 1. The molecule has 16 heavy (non-hydrogen) atoms. The molecule has 0 radical (unpaired) electrons. The average Bonchev–Trinajstić information content (AvgIpc) is 2.14. The third-order valence-corrected chi connectivity index (χ3v) is 2.17. The van der Waals surface area contributed by atoms with Gasteiger partial charge >= 0.3 is 6.18 Å². The predicted molar refractivity (Wildman–Crippen MR) is 55.6 cm³/mol. The Morgan fingerprint density at radius 2 is 2.06 bits per heavy atom. The maximum atomic E-state index is 11.9. The molecule has 0 aliphatic rings. The molecule has 0 heterocycles. The molecular weight excluding hydrogens is 243 g/mol. The van der Waals surface area contributed by atoms with Crippen molar-refractivity contribution in [1.29, 1.82) is 0 Å². The summed E-state index contributed by atoms with van der Waals surface area (Å²) in [6.07, 6.45) is -4.37. The van der Waals surface area contributed by atoms with Gasteiger partial charge in [-0.05, 0) is 24.6 Å². The van der Waals surface area contributed by atoms with E-state index in [0.717, 1.165) is 5.56 Å². The first-order chi connectivity index (χ1) is 7.29. The zero-order valence-corrected chi connectivity index (χ0v) is 9.27. The van der Waals surface area contributed by atoms with Gasteiger partial charge < -0.3 is 10.5 Å². The van der Waals surface area contributed by atoms with Gasteiger partial charge in [-0.15, -0.1) is 0 Å². The van der Waals surface area contributed by atoms with Crippen molar-refractivity contribution in [1.82, 2.24) is 0 Å². The molecule has 0 fully saturated rings. The number of benzene rings is 1. The molecule has 0 spiro atoms. The predicted octanol–water partition coefficient (Wildman–Crippen LogP) is 3.30. The Kier molecular flexibility index (Phi) is 4.04. The molecular formula is C10H11ClF3NO. The summed E-state index contributed by atoms with van der Waals surface area (Å²) >= 11 is 5.75. The summed E-state index contributed by atoms with van der Waals surface area (Å²) in [7, 11) is 0. The highest BCUT2D eigenvalue weighted by molar-refractivity contribution is 6.32. The van der Waals surface area contributed by atoms with Crippen LogP contribution in [0.15, 0.2) is 18.2 Å². The Hall–Kier alpha value is -0.940. The van der Waals surface area contributed by atoms with Crippen molar-refractivity contribution >= 4 is 11.6 Å². The summed E-state index contributed by atoms with van der Waals surface area (Å²) in [5.41, 5.74) is 6.34. The van der Waals surface area contributed by atoms with Crippen LogP contribution in [0.1, 0.15) is 18.5 Å². The molecule has 0 amide bonds. The van der Waals surface area contributed by atoms with Crippen LogP contribution < -0.4 is 10.5 Å². The summed E-state index contributed by atoms with van der Waals surface area (Å²) < 4.78 is 40.2. The van der Waals surface area contributed by atoms with E-state index in [0.29, 0.717) is 0 Å². The van der Waals surface area contributed by atoms with Crippen LogP contribution in [0.4, 0.5) is 13.2 Å². The Bertz CT molecular complexity index is 366. The van der Waals surface area contributed by atoms with Gasteiger partial charge in [-0.25, -0.2) is 0 Å². The monoisotopic (exact) mass is 253 g/mol. The maximum absolute atomic E-state index is 11.9. The second-order valence-electron chi connectivity index (χ2n) is 3.38. The quantitative estimate of drug-likeness (QED) is 0.897. The van der Waals surface area contributed by atoms with Gasteiger partial charge in [-0.3, -0.25) is 0 Å². The SMILES string of the molecule is C[C@@H](N)c1ccc(OCC(F)(F)F)c(Cl)c1. The molecule has 0 saturated carbocycles. The second kappa shape index (κ2) is 4.93. The van der Waals surface area contributed by atoms with E-state index in [9.17, 15) is 13.2 Å². The van der Waals surface area contributed by atoms with Gasteiger partial charge in [0.15, 0.2) is 6.61 Å². The van der Waals surface area contributed by atoms with Crippen LogP contribution in [-0.2, 0) is 0 Å². The first kappa shape index (κ1) is 13.1. The summed E-state index contributed by atoms with van der Waals surface area (Å²) in [6, 6.07) is 4.24. The highest BCUT2D eigenvalue weighted by Crippen LogP contribution is 2.28. The first-order valence-corrected chi connectivity index (χ1v) is 4.92. The first-order valence-electron chi connectivity index (χ1n) is 4.54. The van der Waals surface area contributed by atoms with Gasteiger partial charge in [-0.2, -0.15) is 13.2 Å². The molecule has 0 aliphatic carbocycles. The lowest BCUT2D eigenvalue weighted by molar-refractivity contribution is -0.153. The summed E-state index contributed by atoms with van der Waals surface area (Å²) in [6.45, 7) is 0.395. The van der Waals surface area contributed by atoms with Crippen molar-refractivity contribution in [3.8, 4) is 5.75 Å². The van der Waals surface area contributed by atoms with Gasteiger partial charge in [0.2, 0.25) is 0 Å². The van der Waals surface area contributed by atoms with E-state index in [2.05, 4.69) is 4.74 Å². The number of nitrogens with two attached hydrogens (primary N) is 1. The number of rotatable bonds is 3. The molecule has 0 bridgehead atoms. The highest BCUT2D eigenvalue weighted by atomic mass is 35.5. The molecule has 1 aromatic rings. The Morgan fingerprint density at radius 1 is 1.44 bits per heavy atom. The molecule has 2 N–H and O–H groups in total. The van der Waals surface area contributed by atoms with Gasteiger partial charge in [0.05, 0.1) is 5.02 Å². The standard InChI is InChI=1S/C10H11ClF3NO/c1-6(15)7-2-3-9(8(11)4-7)16-5-10(12,13)14/h2-4,6H,5,15H2,1H3/t6-/m1/s1.